The first kappa shape index (κ1) is 6.85. The summed E-state index contributed by atoms with van der Waals surface area (Å²) in [5.74, 6) is -0.261. The summed E-state index contributed by atoms with van der Waals surface area (Å²) in [5.41, 5.74) is 0.567. The van der Waals surface area contributed by atoms with Crippen molar-refractivity contribution in [2.24, 2.45) is 0 Å². The number of benzene rings is 1. The number of rotatable bonds is 0. The lowest BCUT2D eigenvalue weighted by molar-refractivity contribution is 0.609. The number of furan rings is 1. The molecular formula is C8H4BrFO. The standard InChI is InChI=1S/C8H4BrFO/c9-5-4-11-7-3-1-2-6(10)8(5)7/h1-4H. The molecule has 0 saturated heterocycles. The van der Waals surface area contributed by atoms with Crippen LogP contribution < -0.4 is 0 Å². The molecule has 0 bridgehead atoms. The molecule has 0 aliphatic carbocycles. The molecule has 0 atom stereocenters. The topological polar surface area (TPSA) is 13.1 Å². The highest BCUT2D eigenvalue weighted by Crippen LogP contribution is 2.27. The maximum Gasteiger partial charge on any atom is 0.138 e. The number of fused-ring (bicyclic) bond motifs is 1. The van der Waals surface area contributed by atoms with Crippen LogP contribution in [0.2, 0.25) is 0 Å². The SMILES string of the molecule is Fc1cccc2occ(Br)c12. The normalized spacial score (nSPS) is 10.7. The summed E-state index contributed by atoms with van der Waals surface area (Å²) in [4.78, 5) is 0. The second-order valence-corrected chi connectivity index (χ2v) is 3.05. The van der Waals surface area contributed by atoms with Gasteiger partial charge in [-0.1, -0.05) is 6.07 Å². The maximum atomic E-state index is 13.0. The van der Waals surface area contributed by atoms with Crippen molar-refractivity contribution in [2.45, 2.75) is 0 Å². The summed E-state index contributed by atoms with van der Waals surface area (Å²) in [5, 5.41) is 0.507. The third kappa shape index (κ3) is 0.959. The van der Waals surface area contributed by atoms with E-state index in [9.17, 15) is 4.39 Å². The van der Waals surface area contributed by atoms with Gasteiger partial charge in [-0.2, -0.15) is 0 Å². The third-order valence-electron chi connectivity index (χ3n) is 1.50. The molecule has 1 nitrogen and oxygen atoms in total. The molecule has 0 aliphatic heterocycles. The van der Waals surface area contributed by atoms with Crippen LogP contribution in [0.1, 0.15) is 0 Å². The van der Waals surface area contributed by atoms with E-state index < -0.39 is 0 Å². The van der Waals surface area contributed by atoms with Crippen LogP contribution >= 0.6 is 15.9 Å². The van der Waals surface area contributed by atoms with Gasteiger partial charge in [0.2, 0.25) is 0 Å². The zero-order valence-corrected chi connectivity index (χ0v) is 7.06. The first-order valence-corrected chi connectivity index (χ1v) is 3.89. The van der Waals surface area contributed by atoms with Gasteiger partial charge < -0.3 is 4.42 Å². The molecule has 0 radical (unpaired) electrons. The van der Waals surface area contributed by atoms with Gasteiger partial charge in [0, 0.05) is 0 Å². The van der Waals surface area contributed by atoms with Crippen LogP contribution in [0.15, 0.2) is 33.4 Å². The minimum absolute atomic E-state index is 0.261. The maximum absolute atomic E-state index is 13.0. The Balaban J connectivity index is 2.96. The van der Waals surface area contributed by atoms with Crippen LogP contribution in [-0.2, 0) is 0 Å². The van der Waals surface area contributed by atoms with Gasteiger partial charge in [0.1, 0.15) is 17.7 Å². The average Bonchev–Trinajstić information content (AvgIpc) is 2.34. The minimum atomic E-state index is -0.261. The van der Waals surface area contributed by atoms with Crippen LogP contribution in [0.3, 0.4) is 0 Å². The average molecular weight is 215 g/mol. The van der Waals surface area contributed by atoms with Gasteiger partial charge in [0.25, 0.3) is 0 Å². The largest absolute Gasteiger partial charge is 0.463 e. The smallest absolute Gasteiger partial charge is 0.138 e. The molecule has 0 spiro atoms. The summed E-state index contributed by atoms with van der Waals surface area (Å²) < 4.78 is 18.7. The molecule has 3 heteroatoms. The van der Waals surface area contributed by atoms with Crippen molar-refractivity contribution in [2.75, 3.05) is 0 Å². The van der Waals surface area contributed by atoms with Crippen LogP contribution in [0.25, 0.3) is 11.0 Å². The van der Waals surface area contributed by atoms with Gasteiger partial charge in [-0.15, -0.1) is 0 Å². The summed E-state index contributed by atoms with van der Waals surface area (Å²) >= 11 is 3.18. The molecule has 0 aliphatic rings. The Hall–Kier alpha value is -0.830. The fourth-order valence-electron chi connectivity index (χ4n) is 1.01. The predicted octanol–water partition coefficient (Wildman–Crippen LogP) is 3.33. The summed E-state index contributed by atoms with van der Waals surface area (Å²) in [6.45, 7) is 0. The highest BCUT2D eigenvalue weighted by Gasteiger charge is 2.06. The fraction of sp³-hybridized carbons (Fsp3) is 0. The number of halogens is 2. The van der Waals surface area contributed by atoms with Crippen molar-refractivity contribution in [3.05, 3.63) is 34.8 Å². The molecular weight excluding hydrogens is 211 g/mol. The van der Waals surface area contributed by atoms with Crippen molar-refractivity contribution in [3.8, 4) is 0 Å². The van der Waals surface area contributed by atoms with E-state index >= 15 is 0 Å². The molecule has 1 aromatic heterocycles. The molecule has 0 unspecified atom stereocenters. The van der Waals surface area contributed by atoms with E-state index in [1.165, 1.54) is 12.3 Å². The first-order chi connectivity index (χ1) is 5.29. The minimum Gasteiger partial charge on any atom is -0.463 e. The highest BCUT2D eigenvalue weighted by molar-refractivity contribution is 9.10. The fourth-order valence-corrected chi connectivity index (χ4v) is 1.49. The van der Waals surface area contributed by atoms with Crippen molar-refractivity contribution < 1.29 is 8.81 Å². The van der Waals surface area contributed by atoms with Crippen molar-refractivity contribution in [1.82, 2.24) is 0 Å². The molecule has 1 heterocycles. The quantitative estimate of drug-likeness (QED) is 0.656. The Morgan fingerprint density at radius 3 is 2.91 bits per heavy atom. The lowest BCUT2D eigenvalue weighted by atomic mass is 10.2. The van der Waals surface area contributed by atoms with Crippen LogP contribution in [0, 0.1) is 5.82 Å². The van der Waals surface area contributed by atoms with E-state index in [0.29, 0.717) is 15.4 Å². The first-order valence-electron chi connectivity index (χ1n) is 3.10. The monoisotopic (exact) mass is 214 g/mol. The van der Waals surface area contributed by atoms with E-state index in [4.69, 9.17) is 4.42 Å². The number of hydrogen-bond donors (Lipinski definition) is 0. The predicted molar refractivity (Wildman–Crippen MR) is 43.9 cm³/mol. The molecule has 0 amide bonds. The Morgan fingerprint density at radius 2 is 2.18 bits per heavy atom. The van der Waals surface area contributed by atoms with Crippen LogP contribution in [-0.4, -0.2) is 0 Å². The summed E-state index contributed by atoms with van der Waals surface area (Å²) in [6.07, 6.45) is 1.48. The molecule has 56 valence electrons. The van der Waals surface area contributed by atoms with Crippen LogP contribution in [0.4, 0.5) is 4.39 Å². The third-order valence-corrected chi connectivity index (χ3v) is 2.09. The van der Waals surface area contributed by atoms with Crippen molar-refractivity contribution in [1.29, 1.82) is 0 Å². The second-order valence-electron chi connectivity index (χ2n) is 2.20. The molecule has 11 heavy (non-hydrogen) atoms. The molecule has 0 saturated carbocycles. The molecule has 0 N–H and O–H groups in total. The van der Waals surface area contributed by atoms with Gasteiger partial charge in [0.15, 0.2) is 0 Å². The van der Waals surface area contributed by atoms with Gasteiger partial charge in [0.05, 0.1) is 9.86 Å². The lowest BCUT2D eigenvalue weighted by Gasteiger charge is -1.89. The second kappa shape index (κ2) is 2.34. The van der Waals surface area contributed by atoms with E-state index in [-0.39, 0.29) is 5.82 Å². The molecule has 2 rings (SSSR count). The van der Waals surface area contributed by atoms with E-state index in [2.05, 4.69) is 15.9 Å². The van der Waals surface area contributed by atoms with E-state index in [1.54, 1.807) is 12.1 Å². The molecule has 0 fully saturated rings. The Kier molecular flexibility index (Phi) is 1.46. The van der Waals surface area contributed by atoms with Crippen molar-refractivity contribution in [3.63, 3.8) is 0 Å². The van der Waals surface area contributed by atoms with Gasteiger partial charge >= 0.3 is 0 Å². The Morgan fingerprint density at radius 1 is 1.36 bits per heavy atom. The Bertz CT molecular complexity index is 394. The zero-order chi connectivity index (χ0) is 7.84. The summed E-state index contributed by atoms with van der Waals surface area (Å²) in [6, 6.07) is 4.75. The van der Waals surface area contributed by atoms with E-state index in [1.807, 2.05) is 0 Å². The zero-order valence-electron chi connectivity index (χ0n) is 5.47. The van der Waals surface area contributed by atoms with Crippen LogP contribution in [0.5, 0.6) is 0 Å². The summed E-state index contributed by atoms with van der Waals surface area (Å²) in [7, 11) is 0. The molecule has 2 aromatic rings. The molecule has 1 aromatic carbocycles. The van der Waals surface area contributed by atoms with Gasteiger partial charge in [-0.25, -0.2) is 4.39 Å². The Labute approximate surface area is 70.9 Å². The highest BCUT2D eigenvalue weighted by atomic mass is 79.9. The lowest BCUT2D eigenvalue weighted by Crippen LogP contribution is -1.72. The van der Waals surface area contributed by atoms with Crippen molar-refractivity contribution >= 4 is 26.9 Å². The van der Waals surface area contributed by atoms with Gasteiger partial charge in [-0.3, -0.25) is 0 Å². The number of hydrogen-bond acceptors (Lipinski definition) is 1. The van der Waals surface area contributed by atoms with E-state index in [0.717, 1.165) is 0 Å². The van der Waals surface area contributed by atoms with Gasteiger partial charge in [-0.05, 0) is 28.1 Å².